The summed E-state index contributed by atoms with van der Waals surface area (Å²) in [6, 6.07) is 4.64. The van der Waals surface area contributed by atoms with E-state index in [2.05, 4.69) is 10.6 Å². The molecule has 7 nitrogen and oxygen atoms in total. The third kappa shape index (κ3) is 5.77. The molecule has 0 aliphatic carbocycles. The van der Waals surface area contributed by atoms with Crippen LogP contribution in [-0.2, 0) is 14.8 Å². The molecular formula is C19H29N3O4S. The lowest BCUT2D eigenvalue weighted by Crippen LogP contribution is -2.36. The van der Waals surface area contributed by atoms with Crippen molar-refractivity contribution in [3.05, 3.63) is 29.3 Å². The average Bonchev–Trinajstić information content (AvgIpc) is 2.67. The first-order chi connectivity index (χ1) is 12.9. The minimum atomic E-state index is -3.59. The predicted molar refractivity (Wildman–Crippen MR) is 104 cm³/mol. The van der Waals surface area contributed by atoms with Gasteiger partial charge in [-0.3, -0.25) is 9.59 Å². The van der Waals surface area contributed by atoms with Gasteiger partial charge in [0.1, 0.15) is 0 Å². The van der Waals surface area contributed by atoms with Gasteiger partial charge in [-0.15, -0.1) is 0 Å². The van der Waals surface area contributed by atoms with Gasteiger partial charge in [-0.25, -0.2) is 8.42 Å². The van der Waals surface area contributed by atoms with Gasteiger partial charge in [-0.2, -0.15) is 4.31 Å². The fourth-order valence-electron chi connectivity index (χ4n) is 3.00. The monoisotopic (exact) mass is 395 g/mol. The second kappa shape index (κ2) is 9.85. The summed E-state index contributed by atoms with van der Waals surface area (Å²) >= 11 is 0. The van der Waals surface area contributed by atoms with Crippen molar-refractivity contribution in [1.82, 2.24) is 14.9 Å². The van der Waals surface area contributed by atoms with E-state index in [1.54, 1.807) is 19.1 Å². The zero-order valence-electron chi connectivity index (χ0n) is 16.1. The third-order valence-electron chi connectivity index (χ3n) is 4.62. The Kier molecular flexibility index (Phi) is 7.79. The van der Waals surface area contributed by atoms with Gasteiger partial charge in [0, 0.05) is 38.2 Å². The number of aryl methyl sites for hydroxylation is 1. The van der Waals surface area contributed by atoms with E-state index in [1.165, 1.54) is 10.4 Å². The lowest BCUT2D eigenvalue weighted by molar-refractivity contribution is -0.120. The summed E-state index contributed by atoms with van der Waals surface area (Å²) in [5.74, 6) is -0.484. The first-order valence-electron chi connectivity index (χ1n) is 9.52. The van der Waals surface area contributed by atoms with Crippen molar-refractivity contribution in [2.45, 2.75) is 50.8 Å². The molecule has 8 heteroatoms. The highest BCUT2D eigenvalue weighted by Crippen LogP contribution is 2.22. The molecule has 1 heterocycles. The molecule has 1 aliphatic rings. The normalized spacial score (nSPS) is 15.3. The van der Waals surface area contributed by atoms with E-state index in [9.17, 15) is 18.0 Å². The van der Waals surface area contributed by atoms with Crippen LogP contribution in [0.5, 0.6) is 0 Å². The number of piperidine rings is 1. The molecule has 0 aromatic heterocycles. The SMILES string of the molecule is CCCNC(=O)CCNC(=O)c1cc(S(=O)(=O)N2CCCCC2)ccc1C. The number of amides is 2. The van der Waals surface area contributed by atoms with Crippen LogP contribution in [0.1, 0.15) is 54.9 Å². The fourth-order valence-corrected chi connectivity index (χ4v) is 4.54. The summed E-state index contributed by atoms with van der Waals surface area (Å²) < 4.78 is 27.1. The van der Waals surface area contributed by atoms with Crippen LogP contribution < -0.4 is 10.6 Å². The fraction of sp³-hybridized carbons (Fsp3) is 0.579. The molecule has 150 valence electrons. The van der Waals surface area contributed by atoms with E-state index in [4.69, 9.17) is 0 Å². The standard InChI is InChI=1S/C19H29N3O4S/c1-3-10-20-18(23)9-11-21-19(24)17-14-16(8-7-15(17)2)27(25,26)22-12-5-4-6-13-22/h7-8,14H,3-6,9-13H2,1-2H3,(H,20,23)(H,21,24). The molecule has 0 radical (unpaired) electrons. The van der Waals surface area contributed by atoms with Crippen LogP contribution in [-0.4, -0.2) is 50.7 Å². The molecule has 0 atom stereocenters. The van der Waals surface area contributed by atoms with E-state index in [1.807, 2.05) is 6.92 Å². The molecule has 0 spiro atoms. The molecule has 2 N–H and O–H groups in total. The first kappa shape index (κ1) is 21.4. The maximum absolute atomic E-state index is 12.8. The van der Waals surface area contributed by atoms with E-state index >= 15 is 0 Å². The number of carbonyl (C=O) groups is 2. The highest BCUT2D eigenvalue weighted by Gasteiger charge is 2.27. The Morgan fingerprint density at radius 3 is 2.44 bits per heavy atom. The smallest absolute Gasteiger partial charge is 0.251 e. The highest BCUT2D eigenvalue weighted by molar-refractivity contribution is 7.89. The minimum Gasteiger partial charge on any atom is -0.356 e. The van der Waals surface area contributed by atoms with Gasteiger partial charge in [0.15, 0.2) is 0 Å². The number of benzene rings is 1. The summed E-state index contributed by atoms with van der Waals surface area (Å²) in [5, 5.41) is 5.44. The van der Waals surface area contributed by atoms with Gasteiger partial charge >= 0.3 is 0 Å². The van der Waals surface area contributed by atoms with E-state index < -0.39 is 10.0 Å². The predicted octanol–water partition coefficient (Wildman–Crippen LogP) is 1.82. The Balaban J connectivity index is 2.05. The Hall–Kier alpha value is -1.93. The Labute approximate surface area is 161 Å². The number of rotatable bonds is 8. The van der Waals surface area contributed by atoms with Gasteiger partial charge in [-0.1, -0.05) is 19.4 Å². The number of hydrogen-bond acceptors (Lipinski definition) is 4. The summed E-state index contributed by atoms with van der Waals surface area (Å²) in [6.07, 6.45) is 3.81. The second-order valence-electron chi connectivity index (χ2n) is 6.80. The molecule has 1 aliphatic heterocycles. The first-order valence-corrected chi connectivity index (χ1v) is 11.0. The van der Waals surface area contributed by atoms with Crippen molar-refractivity contribution in [2.75, 3.05) is 26.2 Å². The molecule has 0 unspecified atom stereocenters. The third-order valence-corrected chi connectivity index (χ3v) is 6.51. The maximum atomic E-state index is 12.8. The minimum absolute atomic E-state index is 0.115. The zero-order valence-corrected chi connectivity index (χ0v) is 16.9. The molecule has 1 aromatic carbocycles. The number of nitrogens with zero attached hydrogens (tertiary/aromatic N) is 1. The second-order valence-corrected chi connectivity index (χ2v) is 8.74. The van der Waals surface area contributed by atoms with Crippen LogP contribution in [0.25, 0.3) is 0 Å². The van der Waals surface area contributed by atoms with E-state index in [0.717, 1.165) is 25.7 Å². The Morgan fingerprint density at radius 1 is 1.07 bits per heavy atom. The molecule has 1 saturated heterocycles. The number of nitrogens with one attached hydrogen (secondary N) is 2. The molecule has 1 aromatic rings. The average molecular weight is 396 g/mol. The summed E-state index contributed by atoms with van der Waals surface area (Å²) in [7, 11) is -3.59. The van der Waals surface area contributed by atoms with Gasteiger partial charge in [0.05, 0.1) is 4.90 Å². The summed E-state index contributed by atoms with van der Waals surface area (Å²) in [6.45, 7) is 5.59. The molecule has 1 fully saturated rings. The van der Waals surface area contributed by atoms with Crippen LogP contribution in [0.2, 0.25) is 0 Å². The molecule has 0 bridgehead atoms. The number of carbonyl (C=O) groups excluding carboxylic acids is 2. The maximum Gasteiger partial charge on any atom is 0.251 e. The quantitative estimate of drug-likeness (QED) is 0.702. The van der Waals surface area contributed by atoms with Crippen molar-refractivity contribution in [3.8, 4) is 0 Å². The molecule has 2 rings (SSSR count). The van der Waals surface area contributed by atoms with Gasteiger partial charge < -0.3 is 10.6 Å². The Bertz CT molecular complexity index is 771. The molecule has 27 heavy (non-hydrogen) atoms. The summed E-state index contributed by atoms with van der Waals surface area (Å²) in [5.41, 5.74) is 1.02. The molecule has 0 saturated carbocycles. The topological polar surface area (TPSA) is 95.6 Å². The largest absolute Gasteiger partial charge is 0.356 e. The molecular weight excluding hydrogens is 366 g/mol. The van der Waals surface area contributed by atoms with Crippen LogP contribution in [0.3, 0.4) is 0 Å². The molecule has 2 amide bonds. The number of hydrogen-bond donors (Lipinski definition) is 2. The van der Waals surface area contributed by atoms with Crippen molar-refractivity contribution in [3.63, 3.8) is 0 Å². The van der Waals surface area contributed by atoms with Gasteiger partial charge in [-0.05, 0) is 43.9 Å². The zero-order chi connectivity index (χ0) is 19.9. The Morgan fingerprint density at radius 2 is 1.78 bits per heavy atom. The van der Waals surface area contributed by atoms with Gasteiger partial charge in [0.2, 0.25) is 15.9 Å². The van der Waals surface area contributed by atoms with E-state index in [-0.39, 0.29) is 29.7 Å². The van der Waals surface area contributed by atoms with Crippen LogP contribution in [0, 0.1) is 6.92 Å². The van der Waals surface area contributed by atoms with Crippen molar-refractivity contribution >= 4 is 21.8 Å². The van der Waals surface area contributed by atoms with Crippen LogP contribution in [0.4, 0.5) is 0 Å². The van der Waals surface area contributed by atoms with Crippen molar-refractivity contribution in [2.24, 2.45) is 0 Å². The van der Waals surface area contributed by atoms with Crippen molar-refractivity contribution < 1.29 is 18.0 Å². The summed E-state index contributed by atoms with van der Waals surface area (Å²) in [4.78, 5) is 24.2. The van der Waals surface area contributed by atoms with E-state index in [0.29, 0.717) is 30.8 Å². The van der Waals surface area contributed by atoms with Crippen molar-refractivity contribution in [1.29, 1.82) is 0 Å². The van der Waals surface area contributed by atoms with Crippen LogP contribution >= 0.6 is 0 Å². The lowest BCUT2D eigenvalue weighted by atomic mass is 10.1. The highest BCUT2D eigenvalue weighted by atomic mass is 32.2. The lowest BCUT2D eigenvalue weighted by Gasteiger charge is -2.26. The number of sulfonamides is 1. The van der Waals surface area contributed by atoms with Crippen LogP contribution in [0.15, 0.2) is 23.1 Å². The van der Waals surface area contributed by atoms with Gasteiger partial charge in [0.25, 0.3) is 5.91 Å².